The number of hydrogen-bond acceptors (Lipinski definition) is 6. The molecule has 0 saturated carbocycles. The fourth-order valence-electron chi connectivity index (χ4n) is 5.00. The van der Waals surface area contributed by atoms with Crippen molar-refractivity contribution in [2.45, 2.75) is 174 Å². The summed E-state index contributed by atoms with van der Waals surface area (Å²) < 4.78 is 10.2. The molecule has 1 unspecified atom stereocenters. The van der Waals surface area contributed by atoms with Crippen LogP contribution in [0.15, 0.2) is 60.8 Å². The molecule has 0 aliphatic carbocycles. The van der Waals surface area contributed by atoms with Gasteiger partial charge in [-0.25, -0.2) is 0 Å². The van der Waals surface area contributed by atoms with Crippen LogP contribution in [0, 0.1) is 0 Å². The van der Waals surface area contributed by atoms with Crippen LogP contribution in [-0.4, -0.2) is 47.6 Å². The van der Waals surface area contributed by atoms with Crippen molar-refractivity contribution in [3.63, 3.8) is 0 Å². The predicted molar refractivity (Wildman–Crippen MR) is 197 cm³/mol. The molecule has 47 heavy (non-hydrogen) atoms. The number of hydrogen-bond donors (Lipinski definition) is 2. The number of carbonyl (C=O) groups excluding carboxylic acids is 2. The highest BCUT2D eigenvalue weighted by atomic mass is 16.6. The van der Waals surface area contributed by atoms with Crippen LogP contribution in [0.5, 0.6) is 0 Å². The molecule has 0 aromatic heterocycles. The second-order valence-electron chi connectivity index (χ2n) is 12.5. The minimum absolute atomic E-state index is 0.153. The van der Waals surface area contributed by atoms with E-state index in [-0.39, 0.29) is 25.6 Å². The highest BCUT2D eigenvalue weighted by Gasteiger charge is 2.12. The molecule has 0 amide bonds. The maximum Gasteiger partial charge on any atom is 0.305 e. The smallest absolute Gasteiger partial charge is 0.305 e. The summed E-state index contributed by atoms with van der Waals surface area (Å²) in [5, 5.41) is 20.1. The monoisotopic (exact) mass is 659 g/mol. The number of carbonyl (C=O) groups is 2. The summed E-state index contributed by atoms with van der Waals surface area (Å²) in [5.41, 5.74) is 0. The summed E-state index contributed by atoms with van der Waals surface area (Å²) >= 11 is 0. The fourth-order valence-corrected chi connectivity index (χ4v) is 5.00. The van der Waals surface area contributed by atoms with E-state index in [4.69, 9.17) is 9.47 Å². The van der Waals surface area contributed by atoms with E-state index in [9.17, 15) is 19.8 Å². The van der Waals surface area contributed by atoms with Crippen molar-refractivity contribution >= 4 is 11.9 Å². The minimum atomic E-state index is -1.04. The maximum absolute atomic E-state index is 12.0. The molecule has 0 aliphatic heterocycles. The van der Waals surface area contributed by atoms with Crippen LogP contribution < -0.4 is 0 Å². The molecule has 0 fully saturated rings. The Morgan fingerprint density at radius 1 is 0.532 bits per heavy atom. The second kappa shape index (κ2) is 36.4. The molecular formula is C41H70O6. The number of allylic oxidation sites excluding steroid dienone is 9. The molecule has 0 spiro atoms. The van der Waals surface area contributed by atoms with Crippen LogP contribution in [-0.2, 0) is 19.1 Å². The third-order valence-corrected chi connectivity index (χ3v) is 7.87. The highest BCUT2D eigenvalue weighted by molar-refractivity contribution is 5.69. The molecule has 2 N–H and O–H groups in total. The Morgan fingerprint density at radius 2 is 0.957 bits per heavy atom. The summed E-state index contributed by atoms with van der Waals surface area (Å²) in [6.45, 7) is 4.01. The molecule has 0 bridgehead atoms. The lowest BCUT2D eigenvalue weighted by Gasteiger charge is -2.12. The lowest BCUT2D eigenvalue weighted by molar-refractivity contribution is -0.152. The third-order valence-electron chi connectivity index (χ3n) is 7.87. The zero-order valence-corrected chi connectivity index (χ0v) is 30.1. The van der Waals surface area contributed by atoms with Gasteiger partial charge in [0.05, 0.1) is 6.10 Å². The van der Waals surface area contributed by atoms with Crippen LogP contribution in [0.4, 0.5) is 0 Å². The van der Waals surface area contributed by atoms with Gasteiger partial charge in [0, 0.05) is 12.8 Å². The Balaban J connectivity index is 3.64. The largest absolute Gasteiger partial charge is 0.463 e. The van der Waals surface area contributed by atoms with E-state index >= 15 is 0 Å². The van der Waals surface area contributed by atoms with E-state index in [0.29, 0.717) is 19.3 Å². The minimum Gasteiger partial charge on any atom is -0.463 e. The molecule has 0 saturated heterocycles. The van der Waals surface area contributed by atoms with E-state index in [1.54, 1.807) is 6.08 Å². The Hall–Kier alpha value is -2.44. The SMILES string of the molecule is CC/C=C\C/C=C\C/C=C\C/C=C\C=C\C(O)CCCC(=O)OC[C@@H](O)COC(=O)CCCCCCCCCCCCCCCCC. The van der Waals surface area contributed by atoms with Crippen molar-refractivity contribution in [1.29, 1.82) is 0 Å². The quantitative estimate of drug-likeness (QED) is 0.0315. The van der Waals surface area contributed by atoms with Gasteiger partial charge in [-0.15, -0.1) is 0 Å². The molecule has 0 radical (unpaired) electrons. The molecule has 0 rings (SSSR count). The van der Waals surface area contributed by atoms with Gasteiger partial charge < -0.3 is 19.7 Å². The average molecular weight is 659 g/mol. The van der Waals surface area contributed by atoms with Gasteiger partial charge in [0.2, 0.25) is 0 Å². The molecule has 0 aromatic carbocycles. The number of ether oxygens (including phenoxy) is 2. The zero-order chi connectivity index (χ0) is 34.5. The van der Waals surface area contributed by atoms with Gasteiger partial charge in [0.25, 0.3) is 0 Å². The molecule has 0 heterocycles. The summed E-state index contributed by atoms with van der Waals surface area (Å²) in [6, 6.07) is 0. The van der Waals surface area contributed by atoms with E-state index in [2.05, 4.69) is 50.3 Å². The number of aliphatic hydroxyl groups is 2. The lowest BCUT2D eigenvalue weighted by atomic mass is 10.0. The van der Waals surface area contributed by atoms with Crippen molar-refractivity contribution in [3.8, 4) is 0 Å². The Bertz CT molecular complexity index is 856. The Kier molecular flexibility index (Phi) is 34.5. The summed E-state index contributed by atoms with van der Waals surface area (Å²) in [7, 11) is 0. The van der Waals surface area contributed by atoms with Crippen LogP contribution in [0.25, 0.3) is 0 Å². The van der Waals surface area contributed by atoms with Crippen molar-refractivity contribution in [2.24, 2.45) is 0 Å². The first-order valence-electron chi connectivity index (χ1n) is 18.9. The topological polar surface area (TPSA) is 93.1 Å². The lowest BCUT2D eigenvalue weighted by Crippen LogP contribution is -2.25. The van der Waals surface area contributed by atoms with Crippen LogP contribution >= 0.6 is 0 Å². The molecule has 0 aliphatic rings. The average Bonchev–Trinajstić information content (AvgIpc) is 3.06. The summed E-state index contributed by atoms with van der Waals surface area (Å²) in [6.07, 6.45) is 43.1. The molecular weight excluding hydrogens is 588 g/mol. The first kappa shape index (κ1) is 44.6. The highest BCUT2D eigenvalue weighted by Crippen LogP contribution is 2.14. The number of rotatable bonds is 33. The van der Waals surface area contributed by atoms with Crippen molar-refractivity contribution in [2.75, 3.05) is 13.2 Å². The molecule has 6 nitrogen and oxygen atoms in total. The Morgan fingerprint density at radius 3 is 1.45 bits per heavy atom. The first-order chi connectivity index (χ1) is 23.0. The van der Waals surface area contributed by atoms with Gasteiger partial charge in [-0.2, -0.15) is 0 Å². The van der Waals surface area contributed by atoms with Crippen LogP contribution in [0.1, 0.15) is 162 Å². The van der Waals surface area contributed by atoms with Gasteiger partial charge in [0.1, 0.15) is 19.3 Å². The van der Waals surface area contributed by atoms with Gasteiger partial charge >= 0.3 is 11.9 Å². The first-order valence-corrected chi connectivity index (χ1v) is 18.9. The standard InChI is InChI=1S/C41H70O6/c1-3-5-7-9-11-13-15-17-18-20-22-24-26-28-30-34-40(44)46-36-39(43)37-47-41(45)35-31-33-38(42)32-29-27-25-23-21-19-16-14-12-10-8-6-4-2/h6,8,12,14,19,21,25,27,29,32,38-39,42-43H,3-5,7,9-11,13,15-18,20,22-24,26,28,30-31,33-37H2,1-2H3/b8-6-,14-12-,21-19-,27-25-,32-29+/t38?,39-/m0/s1. The predicted octanol–water partition coefficient (Wildman–Crippen LogP) is 10.6. The summed E-state index contributed by atoms with van der Waals surface area (Å²) in [5.74, 6) is -0.763. The Labute approximate surface area is 288 Å². The fraction of sp³-hybridized carbons (Fsp3) is 0.707. The van der Waals surface area contributed by atoms with Gasteiger partial charge in [-0.3, -0.25) is 9.59 Å². The van der Waals surface area contributed by atoms with Gasteiger partial charge in [-0.1, -0.05) is 164 Å². The van der Waals surface area contributed by atoms with Crippen molar-refractivity contribution in [3.05, 3.63) is 60.8 Å². The van der Waals surface area contributed by atoms with E-state index in [1.165, 1.54) is 77.0 Å². The molecule has 2 atom stereocenters. The van der Waals surface area contributed by atoms with Gasteiger partial charge in [-0.05, 0) is 44.9 Å². The van der Waals surface area contributed by atoms with Gasteiger partial charge in [0.15, 0.2) is 0 Å². The molecule has 0 aromatic rings. The number of aliphatic hydroxyl groups excluding tert-OH is 2. The van der Waals surface area contributed by atoms with E-state index in [1.807, 2.05) is 18.2 Å². The van der Waals surface area contributed by atoms with E-state index < -0.39 is 18.2 Å². The molecule has 270 valence electrons. The van der Waals surface area contributed by atoms with Crippen LogP contribution in [0.3, 0.4) is 0 Å². The third kappa shape index (κ3) is 36.2. The normalized spacial score (nSPS) is 13.5. The number of unbranched alkanes of at least 4 members (excludes halogenated alkanes) is 14. The second-order valence-corrected chi connectivity index (χ2v) is 12.5. The zero-order valence-electron chi connectivity index (χ0n) is 30.1. The molecule has 6 heteroatoms. The van der Waals surface area contributed by atoms with Crippen molar-refractivity contribution < 1.29 is 29.3 Å². The number of esters is 2. The van der Waals surface area contributed by atoms with Crippen LogP contribution in [0.2, 0.25) is 0 Å². The van der Waals surface area contributed by atoms with E-state index in [0.717, 1.165) is 44.9 Å². The maximum atomic E-state index is 12.0. The summed E-state index contributed by atoms with van der Waals surface area (Å²) in [4.78, 5) is 23.9. The van der Waals surface area contributed by atoms with Crippen molar-refractivity contribution in [1.82, 2.24) is 0 Å².